The number of rotatable bonds is 8. The lowest BCUT2D eigenvalue weighted by Gasteiger charge is -2.27. The van der Waals surface area contributed by atoms with Crippen molar-refractivity contribution in [3.8, 4) is 0 Å². The van der Waals surface area contributed by atoms with Gasteiger partial charge in [-0.05, 0) is 18.9 Å². The Balaban J connectivity index is 2.42. The van der Waals surface area contributed by atoms with Gasteiger partial charge in [-0.25, -0.2) is 0 Å². The molecule has 1 amide bonds. The summed E-state index contributed by atoms with van der Waals surface area (Å²) in [7, 11) is 0. The van der Waals surface area contributed by atoms with E-state index in [9.17, 15) is 20.0 Å². The van der Waals surface area contributed by atoms with Crippen LogP contribution in [0.25, 0.3) is 0 Å². The van der Waals surface area contributed by atoms with Crippen molar-refractivity contribution in [3.05, 3.63) is 34.4 Å². The van der Waals surface area contributed by atoms with E-state index in [1.165, 1.54) is 6.07 Å². The zero-order chi connectivity index (χ0) is 16.8. The molecule has 7 nitrogen and oxygen atoms in total. The van der Waals surface area contributed by atoms with Gasteiger partial charge in [0.05, 0.1) is 10.5 Å². The summed E-state index contributed by atoms with van der Waals surface area (Å²) in [5, 5.41) is 26.4. The molecule has 1 rings (SSSR count). The highest BCUT2D eigenvalue weighted by molar-refractivity contribution is 5.76. The number of carbonyl (C=O) groups is 1. The van der Waals surface area contributed by atoms with E-state index in [4.69, 9.17) is 0 Å². The minimum atomic E-state index is -0.957. The van der Waals surface area contributed by atoms with Crippen LogP contribution in [0.15, 0.2) is 24.3 Å². The van der Waals surface area contributed by atoms with Crippen molar-refractivity contribution in [2.45, 2.75) is 32.8 Å². The highest BCUT2D eigenvalue weighted by Crippen LogP contribution is 2.22. The predicted molar refractivity (Wildman–Crippen MR) is 84.7 cm³/mol. The summed E-state index contributed by atoms with van der Waals surface area (Å²) in [6, 6.07) is 6.28. The summed E-state index contributed by atoms with van der Waals surface area (Å²) in [6.07, 6.45) is 0.167. The molecule has 122 valence electrons. The van der Waals surface area contributed by atoms with Gasteiger partial charge in [-0.15, -0.1) is 0 Å². The van der Waals surface area contributed by atoms with E-state index in [2.05, 4.69) is 10.6 Å². The van der Waals surface area contributed by atoms with Crippen molar-refractivity contribution >= 4 is 17.3 Å². The van der Waals surface area contributed by atoms with E-state index in [0.717, 1.165) is 0 Å². The molecule has 22 heavy (non-hydrogen) atoms. The molecule has 1 unspecified atom stereocenters. The predicted octanol–water partition coefficient (Wildman–Crippen LogP) is 1.92. The van der Waals surface area contributed by atoms with Gasteiger partial charge in [0.15, 0.2) is 0 Å². The first-order chi connectivity index (χ1) is 10.2. The minimum absolute atomic E-state index is 0.0225. The molecular weight excluding hydrogens is 286 g/mol. The Bertz CT molecular complexity index is 529. The minimum Gasteiger partial charge on any atom is -0.388 e. The molecule has 0 heterocycles. The Hall–Kier alpha value is -2.15. The largest absolute Gasteiger partial charge is 0.388 e. The molecule has 0 saturated carbocycles. The van der Waals surface area contributed by atoms with E-state index >= 15 is 0 Å². The lowest BCUT2D eigenvalue weighted by molar-refractivity contribution is -0.384. The van der Waals surface area contributed by atoms with Gasteiger partial charge >= 0.3 is 0 Å². The molecule has 3 N–H and O–H groups in total. The molecule has 1 aromatic carbocycles. The van der Waals surface area contributed by atoms with Crippen LogP contribution in [0.2, 0.25) is 0 Å². The van der Waals surface area contributed by atoms with Crippen LogP contribution in [0.3, 0.4) is 0 Å². The zero-order valence-electron chi connectivity index (χ0n) is 13.1. The van der Waals surface area contributed by atoms with Crippen molar-refractivity contribution < 1.29 is 14.8 Å². The standard InChI is InChI=1S/C15H23N3O4/c1-11(2)15(3,20)10-17-14(19)8-9-16-12-6-4-5-7-13(12)18(21)22/h4-7,11,16,20H,8-10H2,1-3H3,(H,17,19). The number of para-hydroxylation sites is 2. The lowest BCUT2D eigenvalue weighted by Crippen LogP contribution is -2.44. The summed E-state index contributed by atoms with van der Waals surface area (Å²) in [4.78, 5) is 22.1. The maximum atomic E-state index is 11.7. The molecule has 0 spiro atoms. The normalized spacial score (nSPS) is 13.5. The number of benzene rings is 1. The molecule has 0 aliphatic rings. The number of nitrogens with zero attached hydrogens (tertiary/aromatic N) is 1. The molecule has 0 saturated heterocycles. The number of carbonyl (C=O) groups excluding carboxylic acids is 1. The zero-order valence-corrected chi connectivity index (χ0v) is 13.1. The SMILES string of the molecule is CC(C)C(C)(O)CNC(=O)CCNc1ccccc1[N+](=O)[O-]. The first-order valence-corrected chi connectivity index (χ1v) is 7.20. The van der Waals surface area contributed by atoms with E-state index < -0.39 is 10.5 Å². The molecular formula is C15H23N3O4. The molecule has 0 aliphatic carbocycles. The van der Waals surface area contributed by atoms with Gasteiger partial charge in [0.2, 0.25) is 5.91 Å². The molecule has 0 bridgehead atoms. The van der Waals surface area contributed by atoms with Crippen molar-refractivity contribution in [1.82, 2.24) is 5.32 Å². The van der Waals surface area contributed by atoms with Gasteiger partial charge in [-0.1, -0.05) is 26.0 Å². The van der Waals surface area contributed by atoms with Gasteiger partial charge in [0.25, 0.3) is 5.69 Å². The second kappa shape index (κ2) is 7.74. The molecule has 1 atom stereocenters. The van der Waals surface area contributed by atoms with Crippen LogP contribution >= 0.6 is 0 Å². The van der Waals surface area contributed by atoms with Crippen LogP contribution < -0.4 is 10.6 Å². The number of nitro groups is 1. The highest BCUT2D eigenvalue weighted by Gasteiger charge is 2.25. The second-order valence-corrected chi connectivity index (χ2v) is 5.74. The third kappa shape index (κ3) is 5.33. The Morgan fingerprint density at radius 2 is 2.05 bits per heavy atom. The number of amides is 1. The van der Waals surface area contributed by atoms with E-state index in [1.54, 1.807) is 25.1 Å². The van der Waals surface area contributed by atoms with Crippen LogP contribution in [0, 0.1) is 16.0 Å². The van der Waals surface area contributed by atoms with Crippen LogP contribution in [0.4, 0.5) is 11.4 Å². The first kappa shape index (κ1) is 17.9. The number of hydrogen-bond donors (Lipinski definition) is 3. The summed E-state index contributed by atoms with van der Waals surface area (Å²) < 4.78 is 0. The van der Waals surface area contributed by atoms with Crippen LogP contribution in [-0.4, -0.2) is 34.6 Å². The highest BCUT2D eigenvalue weighted by atomic mass is 16.6. The Morgan fingerprint density at radius 3 is 2.64 bits per heavy atom. The third-order valence-corrected chi connectivity index (χ3v) is 3.66. The van der Waals surface area contributed by atoms with E-state index in [-0.39, 0.29) is 37.0 Å². The molecule has 0 radical (unpaired) electrons. The Morgan fingerprint density at radius 1 is 1.41 bits per heavy atom. The molecule has 0 aliphatic heterocycles. The summed E-state index contributed by atoms with van der Waals surface area (Å²) in [6.45, 7) is 5.88. The Labute approximate surface area is 129 Å². The van der Waals surface area contributed by atoms with Gasteiger partial charge in [-0.3, -0.25) is 14.9 Å². The maximum absolute atomic E-state index is 11.7. The fraction of sp³-hybridized carbons (Fsp3) is 0.533. The van der Waals surface area contributed by atoms with Crippen LogP contribution in [0.1, 0.15) is 27.2 Å². The molecule has 0 aromatic heterocycles. The second-order valence-electron chi connectivity index (χ2n) is 5.74. The van der Waals surface area contributed by atoms with E-state index in [1.807, 2.05) is 13.8 Å². The molecule has 0 fully saturated rings. The lowest BCUT2D eigenvalue weighted by atomic mass is 9.92. The van der Waals surface area contributed by atoms with Gasteiger partial charge in [0.1, 0.15) is 5.69 Å². The maximum Gasteiger partial charge on any atom is 0.292 e. The average Bonchev–Trinajstić information content (AvgIpc) is 2.45. The van der Waals surface area contributed by atoms with Gasteiger partial charge in [0, 0.05) is 25.6 Å². The number of nitrogens with one attached hydrogen (secondary N) is 2. The topological polar surface area (TPSA) is 104 Å². The Kier molecular flexibility index (Phi) is 6.30. The van der Waals surface area contributed by atoms with Crippen molar-refractivity contribution in [1.29, 1.82) is 0 Å². The third-order valence-electron chi connectivity index (χ3n) is 3.66. The number of aliphatic hydroxyl groups is 1. The van der Waals surface area contributed by atoms with Gasteiger partial charge in [-0.2, -0.15) is 0 Å². The quantitative estimate of drug-likeness (QED) is 0.502. The van der Waals surface area contributed by atoms with E-state index in [0.29, 0.717) is 5.69 Å². The average molecular weight is 309 g/mol. The number of hydrogen-bond acceptors (Lipinski definition) is 5. The summed E-state index contributed by atoms with van der Waals surface area (Å²) >= 11 is 0. The summed E-state index contributed by atoms with van der Waals surface area (Å²) in [5.41, 5.74) is -0.596. The number of nitro benzene ring substituents is 1. The van der Waals surface area contributed by atoms with Crippen molar-refractivity contribution in [3.63, 3.8) is 0 Å². The van der Waals surface area contributed by atoms with Gasteiger partial charge < -0.3 is 15.7 Å². The monoisotopic (exact) mass is 309 g/mol. The fourth-order valence-electron chi connectivity index (χ4n) is 1.66. The number of anilines is 1. The van der Waals surface area contributed by atoms with Crippen molar-refractivity contribution in [2.24, 2.45) is 5.92 Å². The summed E-state index contributed by atoms with van der Waals surface area (Å²) in [5.74, 6) is -0.190. The molecule has 7 heteroatoms. The van der Waals surface area contributed by atoms with Crippen molar-refractivity contribution in [2.75, 3.05) is 18.4 Å². The first-order valence-electron chi connectivity index (χ1n) is 7.20. The van der Waals surface area contributed by atoms with Crippen LogP contribution in [0.5, 0.6) is 0 Å². The molecule has 1 aromatic rings. The smallest absolute Gasteiger partial charge is 0.292 e. The van der Waals surface area contributed by atoms with Crippen LogP contribution in [-0.2, 0) is 4.79 Å². The fourth-order valence-corrected chi connectivity index (χ4v) is 1.66.